The molecule has 0 bridgehead atoms. The van der Waals surface area contributed by atoms with Gasteiger partial charge in [-0.05, 0) is 54.4 Å². The Morgan fingerprint density at radius 2 is 1.70 bits per heavy atom. The molecule has 0 spiro atoms. The van der Waals surface area contributed by atoms with E-state index in [4.69, 9.17) is 0 Å². The molecule has 0 aliphatic heterocycles. The highest BCUT2D eigenvalue weighted by molar-refractivity contribution is 7.19. The van der Waals surface area contributed by atoms with E-state index in [2.05, 4.69) is 47.9 Å². The fraction of sp³-hybridized carbons (Fsp3) is 0.105. The molecule has 3 aromatic rings. The Kier molecular flexibility index (Phi) is 4.44. The predicted octanol–water partition coefficient (Wildman–Crippen LogP) is 5.43. The van der Waals surface area contributed by atoms with E-state index in [0.29, 0.717) is 0 Å². The van der Waals surface area contributed by atoms with Crippen molar-refractivity contribution in [2.45, 2.75) is 13.8 Å². The van der Waals surface area contributed by atoms with E-state index < -0.39 is 0 Å². The Morgan fingerprint density at radius 1 is 0.957 bits per heavy atom. The summed E-state index contributed by atoms with van der Waals surface area (Å²) in [4.78, 5) is 12.3. The summed E-state index contributed by atoms with van der Waals surface area (Å²) >= 11 is 1.57. The van der Waals surface area contributed by atoms with Gasteiger partial charge >= 0.3 is 0 Å². The molecule has 0 fully saturated rings. The third-order valence-corrected chi connectivity index (χ3v) is 4.41. The SMILES string of the molecule is CC(=O)Nc1ccc(-c2cccc(Nc3cccc(C)c3)c2)s1. The third kappa shape index (κ3) is 3.99. The molecule has 2 aromatic carbocycles. The van der Waals surface area contributed by atoms with Crippen molar-refractivity contribution in [2.75, 3.05) is 10.6 Å². The third-order valence-electron chi connectivity index (χ3n) is 3.36. The second kappa shape index (κ2) is 6.67. The number of benzene rings is 2. The van der Waals surface area contributed by atoms with Crippen molar-refractivity contribution in [2.24, 2.45) is 0 Å². The average Bonchev–Trinajstić information content (AvgIpc) is 2.95. The van der Waals surface area contributed by atoms with Crippen molar-refractivity contribution < 1.29 is 4.79 Å². The van der Waals surface area contributed by atoms with Crippen LogP contribution in [0.3, 0.4) is 0 Å². The monoisotopic (exact) mass is 322 g/mol. The van der Waals surface area contributed by atoms with Gasteiger partial charge in [-0.2, -0.15) is 0 Å². The van der Waals surface area contributed by atoms with Gasteiger partial charge < -0.3 is 10.6 Å². The fourth-order valence-electron chi connectivity index (χ4n) is 2.37. The number of anilines is 3. The number of hydrogen-bond acceptors (Lipinski definition) is 3. The second-order valence-electron chi connectivity index (χ2n) is 5.42. The molecular formula is C19H18N2OS. The number of nitrogens with one attached hydrogen (secondary N) is 2. The van der Waals surface area contributed by atoms with Gasteiger partial charge in [0.15, 0.2) is 0 Å². The van der Waals surface area contributed by atoms with E-state index in [1.54, 1.807) is 11.3 Å². The molecule has 3 nitrogen and oxygen atoms in total. The molecular weight excluding hydrogens is 304 g/mol. The molecule has 0 atom stereocenters. The Morgan fingerprint density at radius 3 is 2.43 bits per heavy atom. The van der Waals surface area contributed by atoms with E-state index in [-0.39, 0.29) is 5.91 Å². The highest BCUT2D eigenvalue weighted by atomic mass is 32.1. The van der Waals surface area contributed by atoms with Crippen LogP contribution >= 0.6 is 11.3 Å². The molecule has 0 saturated carbocycles. The van der Waals surface area contributed by atoms with E-state index in [1.807, 2.05) is 30.3 Å². The molecule has 23 heavy (non-hydrogen) atoms. The van der Waals surface area contributed by atoms with Crippen LogP contribution in [0.4, 0.5) is 16.4 Å². The van der Waals surface area contributed by atoms with Gasteiger partial charge in [0.2, 0.25) is 5.91 Å². The zero-order chi connectivity index (χ0) is 16.2. The molecule has 0 radical (unpaired) electrons. The predicted molar refractivity (Wildman–Crippen MR) is 98.5 cm³/mol. The number of aryl methyl sites for hydroxylation is 1. The molecule has 0 aliphatic rings. The van der Waals surface area contributed by atoms with Gasteiger partial charge in [0.1, 0.15) is 0 Å². The molecule has 0 unspecified atom stereocenters. The molecule has 0 saturated heterocycles. The highest BCUT2D eigenvalue weighted by Gasteiger charge is 2.05. The van der Waals surface area contributed by atoms with Crippen molar-refractivity contribution in [1.29, 1.82) is 0 Å². The van der Waals surface area contributed by atoms with Crippen LogP contribution in [0.15, 0.2) is 60.7 Å². The number of rotatable bonds is 4. The van der Waals surface area contributed by atoms with Crippen LogP contribution in [-0.4, -0.2) is 5.91 Å². The summed E-state index contributed by atoms with van der Waals surface area (Å²) < 4.78 is 0. The summed E-state index contributed by atoms with van der Waals surface area (Å²) in [5, 5.41) is 7.11. The lowest BCUT2D eigenvalue weighted by atomic mass is 10.1. The summed E-state index contributed by atoms with van der Waals surface area (Å²) in [5.74, 6) is -0.0479. The van der Waals surface area contributed by atoms with Crippen LogP contribution in [0, 0.1) is 6.92 Å². The minimum absolute atomic E-state index is 0.0479. The maximum atomic E-state index is 11.1. The van der Waals surface area contributed by atoms with Crippen LogP contribution in [0.5, 0.6) is 0 Å². The first-order valence-electron chi connectivity index (χ1n) is 7.42. The summed E-state index contributed by atoms with van der Waals surface area (Å²) in [6.07, 6.45) is 0. The molecule has 1 amide bonds. The fourth-order valence-corrected chi connectivity index (χ4v) is 3.32. The Labute approximate surface area is 140 Å². The Hall–Kier alpha value is -2.59. The maximum absolute atomic E-state index is 11.1. The number of carbonyl (C=O) groups excluding carboxylic acids is 1. The molecule has 1 heterocycles. The van der Waals surface area contributed by atoms with Gasteiger partial charge in [0.05, 0.1) is 5.00 Å². The summed E-state index contributed by atoms with van der Waals surface area (Å²) in [6.45, 7) is 3.60. The van der Waals surface area contributed by atoms with Gasteiger partial charge in [-0.15, -0.1) is 11.3 Å². The Bertz CT molecular complexity index is 839. The summed E-state index contributed by atoms with van der Waals surface area (Å²) in [7, 11) is 0. The topological polar surface area (TPSA) is 41.1 Å². The molecule has 1 aromatic heterocycles. The van der Waals surface area contributed by atoms with Crippen LogP contribution in [0.25, 0.3) is 10.4 Å². The van der Waals surface area contributed by atoms with Gasteiger partial charge in [-0.1, -0.05) is 24.3 Å². The van der Waals surface area contributed by atoms with E-state index in [9.17, 15) is 4.79 Å². The minimum Gasteiger partial charge on any atom is -0.356 e. The molecule has 116 valence electrons. The number of hydrogen-bond donors (Lipinski definition) is 2. The van der Waals surface area contributed by atoms with Gasteiger partial charge in [-0.3, -0.25) is 4.79 Å². The standard InChI is InChI=1S/C19H18N2OS/c1-13-5-3-7-16(11-13)21-17-8-4-6-15(12-17)18-9-10-19(23-18)20-14(2)22/h3-12,21H,1-2H3,(H,20,22). The van der Waals surface area contributed by atoms with Crippen LogP contribution in [0.2, 0.25) is 0 Å². The smallest absolute Gasteiger partial charge is 0.221 e. The van der Waals surface area contributed by atoms with Gasteiger partial charge in [-0.25, -0.2) is 0 Å². The minimum atomic E-state index is -0.0479. The largest absolute Gasteiger partial charge is 0.356 e. The number of amides is 1. The number of carbonyl (C=O) groups is 1. The summed E-state index contributed by atoms with van der Waals surface area (Å²) in [6, 6.07) is 20.5. The van der Waals surface area contributed by atoms with E-state index in [1.165, 1.54) is 12.5 Å². The first-order chi connectivity index (χ1) is 11.1. The van der Waals surface area contributed by atoms with Crippen molar-refractivity contribution in [3.63, 3.8) is 0 Å². The zero-order valence-corrected chi connectivity index (χ0v) is 13.9. The highest BCUT2D eigenvalue weighted by Crippen LogP contribution is 2.33. The van der Waals surface area contributed by atoms with Gasteiger partial charge in [0, 0.05) is 23.2 Å². The lowest BCUT2D eigenvalue weighted by Crippen LogP contribution is -2.03. The summed E-state index contributed by atoms with van der Waals surface area (Å²) in [5.41, 5.74) is 4.48. The Balaban J connectivity index is 1.82. The normalized spacial score (nSPS) is 10.3. The van der Waals surface area contributed by atoms with Crippen LogP contribution in [-0.2, 0) is 4.79 Å². The average molecular weight is 322 g/mol. The first-order valence-corrected chi connectivity index (χ1v) is 8.23. The molecule has 3 rings (SSSR count). The van der Waals surface area contributed by atoms with Crippen molar-refractivity contribution >= 4 is 33.6 Å². The lowest BCUT2D eigenvalue weighted by molar-refractivity contribution is -0.114. The zero-order valence-electron chi connectivity index (χ0n) is 13.1. The molecule has 2 N–H and O–H groups in total. The second-order valence-corrected chi connectivity index (χ2v) is 6.50. The van der Waals surface area contributed by atoms with Crippen molar-refractivity contribution in [1.82, 2.24) is 0 Å². The molecule has 4 heteroatoms. The van der Waals surface area contributed by atoms with E-state index >= 15 is 0 Å². The number of thiophene rings is 1. The van der Waals surface area contributed by atoms with Gasteiger partial charge in [0.25, 0.3) is 0 Å². The maximum Gasteiger partial charge on any atom is 0.221 e. The van der Waals surface area contributed by atoms with Crippen LogP contribution in [0.1, 0.15) is 12.5 Å². The van der Waals surface area contributed by atoms with Crippen molar-refractivity contribution in [3.8, 4) is 10.4 Å². The van der Waals surface area contributed by atoms with E-state index in [0.717, 1.165) is 26.8 Å². The first kappa shape index (κ1) is 15.3. The van der Waals surface area contributed by atoms with Crippen LogP contribution < -0.4 is 10.6 Å². The molecule has 0 aliphatic carbocycles. The lowest BCUT2D eigenvalue weighted by Gasteiger charge is -2.08. The van der Waals surface area contributed by atoms with Crippen molar-refractivity contribution in [3.05, 3.63) is 66.2 Å². The quantitative estimate of drug-likeness (QED) is 0.673.